The number of aromatic nitrogens is 1. The highest BCUT2D eigenvalue weighted by molar-refractivity contribution is 7.92. The van der Waals surface area contributed by atoms with Crippen LogP contribution >= 0.6 is 11.6 Å². The fourth-order valence-electron chi connectivity index (χ4n) is 0.913. The SMILES string of the molecule is Cc1cnc(Cl)c(NS(=O)(=O)CC#N)c1. The fraction of sp³-hybridized carbons (Fsp3) is 0.250. The maximum absolute atomic E-state index is 11.2. The van der Waals surface area contributed by atoms with E-state index in [1.165, 1.54) is 6.20 Å². The van der Waals surface area contributed by atoms with Crippen molar-refractivity contribution >= 4 is 27.3 Å². The predicted molar refractivity (Wildman–Crippen MR) is 57.0 cm³/mol. The quantitative estimate of drug-likeness (QED) is 0.814. The monoisotopic (exact) mass is 245 g/mol. The molecule has 0 spiro atoms. The third-order valence-corrected chi connectivity index (χ3v) is 2.84. The van der Waals surface area contributed by atoms with Crippen molar-refractivity contribution in [1.82, 2.24) is 4.98 Å². The summed E-state index contributed by atoms with van der Waals surface area (Å²) in [5.41, 5.74) is 0.959. The number of nitriles is 1. The van der Waals surface area contributed by atoms with Crippen molar-refractivity contribution in [2.24, 2.45) is 0 Å². The van der Waals surface area contributed by atoms with Crippen LogP contribution in [0.4, 0.5) is 5.69 Å². The molecule has 1 N–H and O–H groups in total. The molecule has 1 heterocycles. The number of sulfonamides is 1. The molecular formula is C8H8ClN3O2S. The van der Waals surface area contributed by atoms with Crippen LogP contribution in [-0.4, -0.2) is 19.2 Å². The summed E-state index contributed by atoms with van der Waals surface area (Å²) in [6.45, 7) is 1.76. The van der Waals surface area contributed by atoms with Crippen LogP contribution in [0, 0.1) is 18.3 Å². The van der Waals surface area contributed by atoms with Gasteiger partial charge in [-0.2, -0.15) is 5.26 Å². The Morgan fingerprint density at radius 3 is 2.93 bits per heavy atom. The van der Waals surface area contributed by atoms with E-state index in [9.17, 15) is 8.42 Å². The standard InChI is InChI=1S/C8H8ClN3O2S/c1-6-4-7(8(9)11-5-6)12-15(13,14)3-2-10/h4-5,12H,3H2,1H3. The first-order valence-electron chi connectivity index (χ1n) is 3.94. The second-order valence-corrected chi connectivity index (χ2v) is 4.95. The molecule has 1 aromatic rings. The minimum atomic E-state index is -3.66. The lowest BCUT2D eigenvalue weighted by Crippen LogP contribution is -2.16. The Bertz CT molecular complexity index is 507. The largest absolute Gasteiger partial charge is 0.280 e. The number of hydrogen-bond acceptors (Lipinski definition) is 4. The molecule has 7 heteroatoms. The molecule has 0 radical (unpaired) electrons. The molecule has 0 bridgehead atoms. The highest BCUT2D eigenvalue weighted by atomic mass is 35.5. The summed E-state index contributed by atoms with van der Waals surface area (Å²) in [5, 5.41) is 8.34. The maximum Gasteiger partial charge on any atom is 0.246 e. The number of halogens is 1. The highest BCUT2D eigenvalue weighted by Crippen LogP contribution is 2.20. The third-order valence-electron chi connectivity index (χ3n) is 1.50. The molecule has 0 fully saturated rings. The molecule has 0 saturated carbocycles. The summed E-state index contributed by atoms with van der Waals surface area (Å²) >= 11 is 5.68. The van der Waals surface area contributed by atoms with Gasteiger partial charge >= 0.3 is 0 Å². The second-order valence-electron chi connectivity index (χ2n) is 2.87. The van der Waals surface area contributed by atoms with Crippen LogP contribution in [0.25, 0.3) is 0 Å². The molecule has 15 heavy (non-hydrogen) atoms. The van der Waals surface area contributed by atoms with Crippen molar-refractivity contribution in [1.29, 1.82) is 5.26 Å². The van der Waals surface area contributed by atoms with Gasteiger partial charge in [-0.05, 0) is 18.6 Å². The average molecular weight is 246 g/mol. The van der Waals surface area contributed by atoms with E-state index in [-0.39, 0.29) is 10.8 Å². The van der Waals surface area contributed by atoms with Gasteiger partial charge in [-0.15, -0.1) is 0 Å². The summed E-state index contributed by atoms with van der Waals surface area (Å²) < 4.78 is 24.7. The van der Waals surface area contributed by atoms with Crippen LogP contribution in [0.5, 0.6) is 0 Å². The van der Waals surface area contributed by atoms with E-state index >= 15 is 0 Å². The van der Waals surface area contributed by atoms with Gasteiger partial charge in [0.15, 0.2) is 10.9 Å². The van der Waals surface area contributed by atoms with E-state index in [0.717, 1.165) is 5.56 Å². The Labute approximate surface area is 92.8 Å². The average Bonchev–Trinajstić information content (AvgIpc) is 2.10. The Balaban J connectivity index is 3.00. The number of hydrogen-bond donors (Lipinski definition) is 1. The maximum atomic E-state index is 11.2. The Kier molecular flexibility index (Phi) is 3.50. The van der Waals surface area contributed by atoms with E-state index < -0.39 is 15.8 Å². The van der Waals surface area contributed by atoms with Gasteiger partial charge in [0.05, 0.1) is 11.8 Å². The van der Waals surface area contributed by atoms with Crippen LogP contribution in [0.15, 0.2) is 12.3 Å². The van der Waals surface area contributed by atoms with E-state index in [2.05, 4.69) is 9.71 Å². The lowest BCUT2D eigenvalue weighted by atomic mass is 10.3. The number of rotatable bonds is 3. The smallest absolute Gasteiger partial charge is 0.246 e. The van der Waals surface area contributed by atoms with E-state index in [1.807, 2.05) is 0 Å². The summed E-state index contributed by atoms with van der Waals surface area (Å²) in [5.74, 6) is -0.614. The molecule has 0 aliphatic carbocycles. The summed E-state index contributed by atoms with van der Waals surface area (Å²) in [4.78, 5) is 3.78. The zero-order valence-electron chi connectivity index (χ0n) is 7.86. The predicted octanol–water partition coefficient (Wildman–Crippen LogP) is 1.31. The number of anilines is 1. The van der Waals surface area contributed by atoms with Crippen LogP contribution in [0.2, 0.25) is 5.15 Å². The van der Waals surface area contributed by atoms with E-state index in [1.54, 1.807) is 19.1 Å². The van der Waals surface area contributed by atoms with Gasteiger partial charge in [-0.1, -0.05) is 11.6 Å². The summed E-state index contributed by atoms with van der Waals surface area (Å²) in [7, 11) is -3.66. The number of aryl methyl sites for hydroxylation is 1. The Hall–Kier alpha value is -1.32. The van der Waals surface area contributed by atoms with E-state index in [4.69, 9.17) is 16.9 Å². The molecule has 0 aliphatic rings. The first kappa shape index (κ1) is 11.8. The van der Waals surface area contributed by atoms with Gasteiger partial charge < -0.3 is 0 Å². The third kappa shape index (κ3) is 3.38. The summed E-state index contributed by atoms with van der Waals surface area (Å²) in [6.07, 6.45) is 1.52. The van der Waals surface area contributed by atoms with Crippen LogP contribution in [-0.2, 0) is 10.0 Å². The van der Waals surface area contributed by atoms with Gasteiger partial charge in [0.25, 0.3) is 0 Å². The molecule has 0 atom stereocenters. The normalized spacial score (nSPS) is 10.7. The molecule has 1 rings (SSSR count). The van der Waals surface area contributed by atoms with Gasteiger partial charge in [0.1, 0.15) is 0 Å². The molecule has 0 amide bonds. The minimum Gasteiger partial charge on any atom is -0.280 e. The molecule has 0 unspecified atom stereocenters. The van der Waals surface area contributed by atoms with Crippen molar-refractivity contribution in [3.8, 4) is 6.07 Å². The number of nitrogens with zero attached hydrogens (tertiary/aromatic N) is 2. The summed E-state index contributed by atoms with van der Waals surface area (Å²) in [6, 6.07) is 3.09. The molecule has 0 saturated heterocycles. The molecule has 0 aromatic carbocycles. The van der Waals surface area contributed by atoms with Gasteiger partial charge in [0, 0.05) is 6.20 Å². The molecular weight excluding hydrogens is 238 g/mol. The molecule has 1 aromatic heterocycles. The Morgan fingerprint density at radius 2 is 2.33 bits per heavy atom. The van der Waals surface area contributed by atoms with E-state index in [0.29, 0.717) is 0 Å². The first-order valence-corrected chi connectivity index (χ1v) is 5.97. The van der Waals surface area contributed by atoms with Crippen molar-refractivity contribution in [3.05, 3.63) is 23.0 Å². The topological polar surface area (TPSA) is 82.8 Å². The van der Waals surface area contributed by atoms with Crippen LogP contribution in [0.1, 0.15) is 5.56 Å². The van der Waals surface area contributed by atoms with Crippen molar-refractivity contribution in [2.75, 3.05) is 10.5 Å². The lowest BCUT2D eigenvalue weighted by Gasteiger charge is -2.06. The second kappa shape index (κ2) is 4.47. The van der Waals surface area contributed by atoms with Crippen molar-refractivity contribution < 1.29 is 8.42 Å². The Morgan fingerprint density at radius 1 is 1.67 bits per heavy atom. The molecule has 0 aliphatic heterocycles. The van der Waals surface area contributed by atoms with Gasteiger partial charge in [-0.25, -0.2) is 13.4 Å². The number of nitrogens with one attached hydrogen (secondary N) is 1. The van der Waals surface area contributed by atoms with Crippen LogP contribution in [0.3, 0.4) is 0 Å². The molecule has 80 valence electrons. The zero-order valence-corrected chi connectivity index (χ0v) is 9.43. The molecule has 5 nitrogen and oxygen atoms in total. The highest BCUT2D eigenvalue weighted by Gasteiger charge is 2.12. The van der Waals surface area contributed by atoms with Gasteiger partial charge in [-0.3, -0.25) is 4.72 Å². The van der Waals surface area contributed by atoms with Crippen molar-refractivity contribution in [2.45, 2.75) is 6.92 Å². The zero-order chi connectivity index (χ0) is 11.5. The number of pyridine rings is 1. The van der Waals surface area contributed by atoms with Crippen LogP contribution < -0.4 is 4.72 Å². The van der Waals surface area contributed by atoms with Gasteiger partial charge in [0.2, 0.25) is 10.0 Å². The lowest BCUT2D eigenvalue weighted by molar-refractivity contribution is 0.604. The van der Waals surface area contributed by atoms with Crippen molar-refractivity contribution in [3.63, 3.8) is 0 Å². The fourth-order valence-corrected chi connectivity index (χ4v) is 1.85. The first-order chi connectivity index (χ1) is 6.94. The minimum absolute atomic E-state index is 0.0575.